The average Bonchev–Trinajstić information content (AvgIpc) is 3.22. The maximum Gasteiger partial charge on any atom is 0.251 e. The van der Waals surface area contributed by atoms with Crippen LogP contribution in [-0.2, 0) is 9.53 Å². The Morgan fingerprint density at radius 1 is 1.31 bits per heavy atom. The van der Waals surface area contributed by atoms with E-state index in [1.165, 1.54) is 6.07 Å². The van der Waals surface area contributed by atoms with Gasteiger partial charge in [0.15, 0.2) is 5.82 Å². The molecule has 4 rings (SSSR count). The molecule has 136 valence electrons. The highest BCUT2D eigenvalue weighted by molar-refractivity contribution is 5.79. The SMILES string of the molecule is O=C([C@@H]1CCOC1)N1CCC[C@@H](c2cc(=O)[nH]c(-c3cnccn3)n2)C1. The van der Waals surface area contributed by atoms with Crippen molar-refractivity contribution >= 4 is 5.91 Å². The molecule has 2 aromatic rings. The monoisotopic (exact) mass is 355 g/mol. The maximum absolute atomic E-state index is 12.7. The number of likely N-dealkylation sites (tertiary alicyclic amines) is 1. The first kappa shape index (κ1) is 16.8. The van der Waals surface area contributed by atoms with E-state index in [-0.39, 0.29) is 23.3 Å². The first-order valence-corrected chi connectivity index (χ1v) is 8.95. The Labute approximate surface area is 150 Å². The van der Waals surface area contributed by atoms with Gasteiger partial charge in [-0.2, -0.15) is 0 Å². The molecule has 4 heterocycles. The third-order valence-electron chi connectivity index (χ3n) is 5.00. The van der Waals surface area contributed by atoms with Gasteiger partial charge in [-0.15, -0.1) is 0 Å². The normalized spacial score (nSPS) is 23.2. The average molecular weight is 355 g/mol. The van der Waals surface area contributed by atoms with Gasteiger partial charge in [-0.1, -0.05) is 0 Å². The van der Waals surface area contributed by atoms with Gasteiger partial charge in [0.1, 0.15) is 5.69 Å². The summed E-state index contributed by atoms with van der Waals surface area (Å²) in [5.74, 6) is 0.586. The Morgan fingerprint density at radius 2 is 2.23 bits per heavy atom. The molecule has 0 aliphatic carbocycles. The van der Waals surface area contributed by atoms with Crippen LogP contribution in [0.25, 0.3) is 11.5 Å². The van der Waals surface area contributed by atoms with E-state index in [0.717, 1.165) is 25.8 Å². The zero-order valence-corrected chi connectivity index (χ0v) is 14.4. The first-order valence-electron chi connectivity index (χ1n) is 8.95. The molecule has 26 heavy (non-hydrogen) atoms. The molecule has 0 saturated carbocycles. The molecule has 2 aliphatic heterocycles. The molecule has 0 radical (unpaired) electrons. The number of aromatic amines is 1. The second-order valence-electron chi connectivity index (χ2n) is 6.79. The molecule has 8 nitrogen and oxygen atoms in total. The number of aromatic nitrogens is 4. The van der Waals surface area contributed by atoms with E-state index in [4.69, 9.17) is 4.74 Å². The third kappa shape index (κ3) is 3.50. The summed E-state index contributed by atoms with van der Waals surface area (Å²) in [6.07, 6.45) is 7.30. The molecule has 1 amide bonds. The van der Waals surface area contributed by atoms with E-state index in [9.17, 15) is 9.59 Å². The standard InChI is InChI=1S/C18H21N5O3/c24-16-8-14(21-17(22-16)15-9-19-4-5-20-15)12-2-1-6-23(10-12)18(25)13-3-7-26-11-13/h4-5,8-9,12-13H,1-3,6-7,10-11H2,(H,21,22,24)/t12-,13-/m1/s1. The number of ether oxygens (including phenoxy) is 1. The Bertz CT molecular complexity index is 832. The van der Waals surface area contributed by atoms with Gasteiger partial charge in [-0.05, 0) is 19.3 Å². The second kappa shape index (κ2) is 7.33. The van der Waals surface area contributed by atoms with Gasteiger partial charge in [0, 0.05) is 44.1 Å². The van der Waals surface area contributed by atoms with E-state index in [2.05, 4.69) is 19.9 Å². The molecule has 8 heteroatoms. The molecule has 2 saturated heterocycles. The number of rotatable bonds is 3. The number of carbonyl (C=O) groups is 1. The lowest BCUT2D eigenvalue weighted by Crippen LogP contribution is -2.42. The minimum Gasteiger partial charge on any atom is -0.381 e. The van der Waals surface area contributed by atoms with Crippen LogP contribution in [0.2, 0.25) is 0 Å². The predicted octanol–water partition coefficient (Wildman–Crippen LogP) is 0.969. The first-order chi connectivity index (χ1) is 12.7. The molecule has 2 atom stereocenters. The number of piperidine rings is 1. The zero-order chi connectivity index (χ0) is 17.9. The summed E-state index contributed by atoms with van der Waals surface area (Å²) < 4.78 is 5.34. The van der Waals surface area contributed by atoms with Crippen molar-refractivity contribution in [3.8, 4) is 11.5 Å². The summed E-state index contributed by atoms with van der Waals surface area (Å²) in [7, 11) is 0. The van der Waals surface area contributed by atoms with Gasteiger partial charge < -0.3 is 14.6 Å². The Balaban J connectivity index is 1.56. The van der Waals surface area contributed by atoms with Gasteiger partial charge in [-0.3, -0.25) is 14.6 Å². The summed E-state index contributed by atoms with van der Waals surface area (Å²) in [6, 6.07) is 1.52. The van der Waals surface area contributed by atoms with E-state index < -0.39 is 0 Å². The van der Waals surface area contributed by atoms with Crippen LogP contribution in [0.4, 0.5) is 0 Å². The van der Waals surface area contributed by atoms with Crippen molar-refractivity contribution in [1.29, 1.82) is 0 Å². The molecule has 0 unspecified atom stereocenters. The van der Waals surface area contributed by atoms with Gasteiger partial charge in [0.25, 0.3) is 5.56 Å². The fourth-order valence-corrected chi connectivity index (χ4v) is 3.63. The van der Waals surface area contributed by atoms with Crippen LogP contribution in [0.1, 0.15) is 30.9 Å². The zero-order valence-electron chi connectivity index (χ0n) is 14.4. The topological polar surface area (TPSA) is 101 Å². The highest BCUT2D eigenvalue weighted by atomic mass is 16.5. The summed E-state index contributed by atoms with van der Waals surface area (Å²) >= 11 is 0. The lowest BCUT2D eigenvalue weighted by atomic mass is 9.93. The summed E-state index contributed by atoms with van der Waals surface area (Å²) in [4.78, 5) is 42.2. The van der Waals surface area contributed by atoms with E-state index in [1.807, 2.05) is 4.90 Å². The second-order valence-corrected chi connectivity index (χ2v) is 6.79. The van der Waals surface area contributed by atoms with Crippen LogP contribution in [0.3, 0.4) is 0 Å². The third-order valence-corrected chi connectivity index (χ3v) is 5.00. The lowest BCUT2D eigenvalue weighted by Gasteiger charge is -2.33. The van der Waals surface area contributed by atoms with Crippen LogP contribution in [-0.4, -0.2) is 57.0 Å². The summed E-state index contributed by atoms with van der Waals surface area (Å²) in [6.45, 7) is 2.52. The van der Waals surface area contributed by atoms with Crippen LogP contribution >= 0.6 is 0 Å². The van der Waals surface area contributed by atoms with Crippen LogP contribution in [0.15, 0.2) is 29.5 Å². The number of carbonyl (C=O) groups excluding carboxylic acids is 1. The predicted molar refractivity (Wildman–Crippen MR) is 93.4 cm³/mol. The molecular weight excluding hydrogens is 334 g/mol. The quantitative estimate of drug-likeness (QED) is 0.880. The van der Waals surface area contributed by atoms with Crippen molar-refractivity contribution in [2.24, 2.45) is 5.92 Å². The number of nitrogens with one attached hydrogen (secondary N) is 1. The fraction of sp³-hybridized carbons (Fsp3) is 0.500. The van der Waals surface area contributed by atoms with Crippen molar-refractivity contribution in [3.05, 3.63) is 40.7 Å². The molecule has 2 fully saturated rings. The molecule has 0 spiro atoms. The van der Waals surface area contributed by atoms with Crippen molar-refractivity contribution < 1.29 is 9.53 Å². The molecule has 2 aromatic heterocycles. The summed E-state index contributed by atoms with van der Waals surface area (Å²) in [5, 5.41) is 0. The van der Waals surface area contributed by atoms with Gasteiger partial charge in [-0.25, -0.2) is 9.97 Å². The van der Waals surface area contributed by atoms with Crippen molar-refractivity contribution in [1.82, 2.24) is 24.8 Å². The summed E-state index contributed by atoms with van der Waals surface area (Å²) in [5.41, 5.74) is 1.01. The minimum atomic E-state index is -0.219. The molecule has 1 N–H and O–H groups in total. The van der Waals surface area contributed by atoms with Gasteiger partial charge >= 0.3 is 0 Å². The molecule has 0 aromatic carbocycles. The molecule has 2 aliphatic rings. The van der Waals surface area contributed by atoms with Gasteiger partial charge in [0.2, 0.25) is 5.91 Å². The Morgan fingerprint density at radius 3 is 3.00 bits per heavy atom. The maximum atomic E-state index is 12.7. The molecular formula is C18H21N5O3. The largest absolute Gasteiger partial charge is 0.381 e. The smallest absolute Gasteiger partial charge is 0.251 e. The van der Waals surface area contributed by atoms with Gasteiger partial charge in [0.05, 0.1) is 24.4 Å². The van der Waals surface area contributed by atoms with Crippen LogP contribution in [0, 0.1) is 5.92 Å². The highest BCUT2D eigenvalue weighted by Crippen LogP contribution is 2.28. The number of amides is 1. The van der Waals surface area contributed by atoms with E-state index in [0.29, 0.717) is 37.0 Å². The number of nitrogens with zero attached hydrogens (tertiary/aromatic N) is 4. The number of hydrogen-bond donors (Lipinski definition) is 1. The Kier molecular flexibility index (Phi) is 4.75. The number of hydrogen-bond acceptors (Lipinski definition) is 6. The van der Waals surface area contributed by atoms with Crippen LogP contribution < -0.4 is 5.56 Å². The van der Waals surface area contributed by atoms with Crippen molar-refractivity contribution in [2.75, 3.05) is 26.3 Å². The van der Waals surface area contributed by atoms with E-state index in [1.54, 1.807) is 18.6 Å². The Hall–Kier alpha value is -2.61. The molecule has 0 bridgehead atoms. The number of H-pyrrole nitrogens is 1. The lowest BCUT2D eigenvalue weighted by molar-refractivity contribution is -0.136. The van der Waals surface area contributed by atoms with E-state index >= 15 is 0 Å². The highest BCUT2D eigenvalue weighted by Gasteiger charge is 2.32. The van der Waals surface area contributed by atoms with Crippen LogP contribution in [0.5, 0.6) is 0 Å². The fourth-order valence-electron chi connectivity index (χ4n) is 3.63. The minimum absolute atomic E-state index is 0.0314. The van der Waals surface area contributed by atoms with Crippen molar-refractivity contribution in [2.45, 2.75) is 25.2 Å². The van der Waals surface area contributed by atoms with Crippen molar-refractivity contribution in [3.63, 3.8) is 0 Å².